The van der Waals surface area contributed by atoms with E-state index in [9.17, 15) is 31.1 Å². The highest BCUT2D eigenvalue weighted by Gasteiger charge is 2.36. The van der Waals surface area contributed by atoms with Crippen LogP contribution < -0.4 is 5.32 Å². The third kappa shape index (κ3) is 4.67. The van der Waals surface area contributed by atoms with Gasteiger partial charge in [-0.1, -0.05) is 48.5 Å². The second-order valence-electron chi connectivity index (χ2n) is 7.64. The molecule has 0 radical (unpaired) electrons. The van der Waals surface area contributed by atoms with E-state index in [1.54, 1.807) is 12.1 Å². The van der Waals surface area contributed by atoms with Crippen molar-refractivity contribution in [1.29, 1.82) is 0 Å². The van der Waals surface area contributed by atoms with Crippen molar-refractivity contribution in [3.05, 3.63) is 101 Å². The largest absolute Gasteiger partial charge is 0.418 e. The van der Waals surface area contributed by atoms with Gasteiger partial charge in [-0.3, -0.25) is 0 Å². The third-order valence-electron chi connectivity index (χ3n) is 5.57. The Morgan fingerprint density at radius 3 is 2.12 bits per heavy atom. The zero-order valence-electron chi connectivity index (χ0n) is 17.0. The fourth-order valence-corrected chi connectivity index (χ4v) is 4.03. The molecule has 1 N–H and O–H groups in total. The molecule has 33 heavy (non-hydrogen) atoms. The summed E-state index contributed by atoms with van der Waals surface area (Å²) in [5, 5.41) is 2.34. The Bertz CT molecular complexity index is 1150. The molecule has 0 fully saturated rings. The molecule has 0 aliphatic carbocycles. The Morgan fingerprint density at radius 1 is 0.818 bits per heavy atom. The molecule has 3 nitrogen and oxygen atoms in total. The van der Waals surface area contributed by atoms with Gasteiger partial charge in [0.05, 0.1) is 22.9 Å². The van der Waals surface area contributed by atoms with E-state index >= 15 is 0 Å². The zero-order chi connectivity index (χ0) is 23.8. The highest BCUT2D eigenvalue weighted by atomic mass is 19.4. The number of nitrogens with zero attached hydrogens (tertiary/aromatic N) is 1. The first kappa shape index (κ1) is 22.7. The fourth-order valence-electron chi connectivity index (χ4n) is 4.03. The highest BCUT2D eigenvalue weighted by molar-refractivity contribution is 5.91. The number of halogens is 6. The Morgan fingerprint density at radius 2 is 1.45 bits per heavy atom. The molecule has 0 saturated heterocycles. The summed E-state index contributed by atoms with van der Waals surface area (Å²) in [7, 11) is 0. The van der Waals surface area contributed by atoms with Gasteiger partial charge in [-0.2, -0.15) is 26.3 Å². The number of fused-ring (bicyclic) bond motifs is 1. The molecule has 1 heterocycles. The SMILES string of the molecule is O=C(Nc1ccccc1C(F)(F)F)N1CCc2ccccc2[C@H]1c1ccc(C(F)(F)F)cc1. The van der Waals surface area contributed by atoms with Crippen molar-refractivity contribution in [2.75, 3.05) is 11.9 Å². The minimum absolute atomic E-state index is 0.183. The van der Waals surface area contributed by atoms with Gasteiger partial charge in [0.1, 0.15) is 0 Å². The molecule has 0 aromatic heterocycles. The average Bonchev–Trinajstić information content (AvgIpc) is 2.77. The van der Waals surface area contributed by atoms with E-state index in [0.717, 1.165) is 29.8 Å². The van der Waals surface area contributed by atoms with Crippen LogP contribution in [0.25, 0.3) is 0 Å². The van der Waals surface area contributed by atoms with Crippen LogP contribution in [0.2, 0.25) is 0 Å². The lowest BCUT2D eigenvalue weighted by Crippen LogP contribution is -2.43. The number of hydrogen-bond acceptors (Lipinski definition) is 1. The lowest BCUT2D eigenvalue weighted by atomic mass is 9.88. The van der Waals surface area contributed by atoms with Crippen LogP contribution >= 0.6 is 0 Å². The first-order valence-electron chi connectivity index (χ1n) is 10.0. The van der Waals surface area contributed by atoms with Crippen LogP contribution in [0.15, 0.2) is 72.8 Å². The molecule has 3 aromatic rings. The molecule has 4 rings (SSSR count). The fraction of sp³-hybridized carbons (Fsp3) is 0.208. The Labute approximate surface area is 185 Å². The molecule has 1 aliphatic heterocycles. The van der Waals surface area contributed by atoms with Crippen molar-refractivity contribution >= 4 is 11.7 Å². The van der Waals surface area contributed by atoms with Crippen LogP contribution in [0.4, 0.5) is 36.8 Å². The van der Waals surface area contributed by atoms with E-state index in [4.69, 9.17) is 0 Å². The zero-order valence-corrected chi connectivity index (χ0v) is 17.0. The van der Waals surface area contributed by atoms with Gasteiger partial charge < -0.3 is 10.2 Å². The predicted octanol–water partition coefficient (Wildman–Crippen LogP) is 6.90. The number of alkyl halides is 6. The van der Waals surface area contributed by atoms with Crippen LogP contribution in [0, 0.1) is 0 Å². The number of rotatable bonds is 2. The van der Waals surface area contributed by atoms with E-state index in [1.807, 2.05) is 12.1 Å². The summed E-state index contributed by atoms with van der Waals surface area (Å²) in [4.78, 5) is 14.5. The maximum Gasteiger partial charge on any atom is 0.418 e. The molecule has 0 unspecified atom stereocenters. The molecule has 0 spiro atoms. The molecule has 3 aromatic carbocycles. The van der Waals surface area contributed by atoms with E-state index in [0.29, 0.717) is 17.5 Å². The van der Waals surface area contributed by atoms with Gasteiger partial charge in [-0.05, 0) is 47.4 Å². The number of carbonyl (C=O) groups excluding carboxylic acids is 1. The Balaban J connectivity index is 1.71. The molecule has 0 bridgehead atoms. The molecular weight excluding hydrogens is 446 g/mol. The van der Waals surface area contributed by atoms with Crippen molar-refractivity contribution in [3.63, 3.8) is 0 Å². The summed E-state index contributed by atoms with van der Waals surface area (Å²) in [5.41, 5.74) is -0.147. The maximum atomic E-state index is 13.4. The smallest absolute Gasteiger partial charge is 0.313 e. The van der Waals surface area contributed by atoms with Crippen molar-refractivity contribution in [2.45, 2.75) is 24.8 Å². The second kappa shape index (κ2) is 8.46. The van der Waals surface area contributed by atoms with E-state index in [1.165, 1.54) is 29.2 Å². The van der Waals surface area contributed by atoms with Crippen molar-refractivity contribution < 1.29 is 31.1 Å². The number of para-hydroxylation sites is 1. The maximum absolute atomic E-state index is 13.4. The van der Waals surface area contributed by atoms with Crippen molar-refractivity contribution in [3.8, 4) is 0 Å². The van der Waals surface area contributed by atoms with E-state index in [-0.39, 0.29) is 12.2 Å². The van der Waals surface area contributed by atoms with Crippen molar-refractivity contribution in [1.82, 2.24) is 4.90 Å². The van der Waals surface area contributed by atoms with Crippen LogP contribution in [0.5, 0.6) is 0 Å². The van der Waals surface area contributed by atoms with Gasteiger partial charge in [0.15, 0.2) is 0 Å². The van der Waals surface area contributed by atoms with Gasteiger partial charge in [0.2, 0.25) is 0 Å². The minimum Gasteiger partial charge on any atom is -0.313 e. The molecule has 1 atom stereocenters. The molecule has 1 aliphatic rings. The lowest BCUT2D eigenvalue weighted by molar-refractivity contribution is -0.138. The van der Waals surface area contributed by atoms with Gasteiger partial charge in [-0.25, -0.2) is 4.79 Å². The lowest BCUT2D eigenvalue weighted by Gasteiger charge is -2.38. The van der Waals surface area contributed by atoms with Gasteiger partial charge in [0, 0.05) is 6.54 Å². The number of benzene rings is 3. The summed E-state index contributed by atoms with van der Waals surface area (Å²) in [6.45, 7) is 0.183. The van der Waals surface area contributed by atoms with Crippen LogP contribution in [0.1, 0.15) is 33.9 Å². The number of anilines is 1. The Hall–Kier alpha value is -3.49. The number of amides is 2. The van der Waals surface area contributed by atoms with Gasteiger partial charge >= 0.3 is 18.4 Å². The Kier molecular flexibility index (Phi) is 5.82. The predicted molar refractivity (Wildman–Crippen MR) is 111 cm³/mol. The topological polar surface area (TPSA) is 32.3 Å². The third-order valence-corrected chi connectivity index (χ3v) is 5.57. The summed E-state index contributed by atoms with van der Waals surface area (Å²) in [6, 6.07) is 14.7. The van der Waals surface area contributed by atoms with Crippen LogP contribution in [0.3, 0.4) is 0 Å². The first-order valence-corrected chi connectivity index (χ1v) is 10.0. The summed E-state index contributed by atoms with van der Waals surface area (Å²) < 4.78 is 79.1. The van der Waals surface area contributed by atoms with Gasteiger partial charge in [0.25, 0.3) is 0 Å². The van der Waals surface area contributed by atoms with Crippen LogP contribution in [-0.2, 0) is 18.8 Å². The van der Waals surface area contributed by atoms with E-state index < -0.39 is 35.6 Å². The quantitative estimate of drug-likeness (QED) is 0.411. The normalized spacial score (nSPS) is 16.3. The van der Waals surface area contributed by atoms with Crippen molar-refractivity contribution in [2.24, 2.45) is 0 Å². The molecule has 172 valence electrons. The standard InChI is InChI=1S/C24H18F6N2O/c25-23(26,27)17-11-9-16(10-12-17)21-18-6-2-1-5-15(18)13-14-32(21)22(33)31-20-8-4-3-7-19(20)24(28,29)30/h1-12,21H,13-14H2,(H,31,33)/t21-/m1/s1. The summed E-state index contributed by atoms with van der Waals surface area (Å²) in [5.74, 6) is 0. The van der Waals surface area contributed by atoms with Crippen LogP contribution in [-0.4, -0.2) is 17.5 Å². The number of nitrogens with one attached hydrogen (secondary N) is 1. The highest BCUT2D eigenvalue weighted by Crippen LogP contribution is 2.39. The van der Waals surface area contributed by atoms with E-state index in [2.05, 4.69) is 5.32 Å². The van der Waals surface area contributed by atoms with Gasteiger partial charge in [-0.15, -0.1) is 0 Å². The monoisotopic (exact) mass is 464 g/mol. The molecular formula is C24H18F6N2O. The molecule has 2 amide bonds. The molecule has 0 saturated carbocycles. The summed E-state index contributed by atoms with van der Waals surface area (Å²) in [6.07, 6.45) is -8.71. The number of urea groups is 1. The molecule has 9 heteroatoms. The first-order chi connectivity index (χ1) is 15.6. The average molecular weight is 464 g/mol. The number of carbonyl (C=O) groups is 1. The number of hydrogen-bond donors (Lipinski definition) is 1. The minimum atomic E-state index is -4.66. The second-order valence-corrected chi connectivity index (χ2v) is 7.64. The summed E-state index contributed by atoms with van der Waals surface area (Å²) >= 11 is 0.